The molecule has 4 nitrogen and oxygen atoms in total. The zero-order chi connectivity index (χ0) is 11.6. The maximum Gasteiger partial charge on any atom is 0.248 e. The summed E-state index contributed by atoms with van der Waals surface area (Å²) in [6, 6.07) is -0.358. The van der Waals surface area contributed by atoms with E-state index in [1.54, 1.807) is 24.8 Å². The lowest BCUT2D eigenvalue weighted by atomic mass is 9.96. The van der Waals surface area contributed by atoms with Gasteiger partial charge in [0.2, 0.25) is 11.8 Å². The summed E-state index contributed by atoms with van der Waals surface area (Å²) in [5, 5.41) is 2.73. The molecule has 1 atom stereocenters. The molecule has 15 heavy (non-hydrogen) atoms. The van der Waals surface area contributed by atoms with Gasteiger partial charge in [0.15, 0.2) is 0 Å². The molecule has 1 aliphatic rings. The molecule has 1 N–H and O–H groups in total. The average molecular weight is 210 g/mol. The minimum Gasteiger partial charge on any atom is -0.340 e. The highest BCUT2D eigenvalue weighted by molar-refractivity contribution is 5.99. The Kier molecular flexibility index (Phi) is 3.17. The number of piperazine rings is 1. The molecular formula is C11H18N2O2. The molecular weight excluding hydrogens is 192 g/mol. The average Bonchev–Trinajstić information content (AvgIpc) is 2.14. The van der Waals surface area contributed by atoms with Crippen LogP contribution in [-0.2, 0) is 9.59 Å². The zero-order valence-electron chi connectivity index (χ0n) is 9.54. The third kappa shape index (κ3) is 2.03. The van der Waals surface area contributed by atoms with Crippen LogP contribution in [0.5, 0.6) is 0 Å². The molecule has 1 unspecified atom stereocenters. The molecule has 0 saturated carbocycles. The summed E-state index contributed by atoms with van der Waals surface area (Å²) in [4.78, 5) is 25.3. The Hall–Kier alpha value is -1.32. The van der Waals surface area contributed by atoms with E-state index >= 15 is 0 Å². The molecule has 2 amide bonds. The summed E-state index contributed by atoms with van der Waals surface area (Å²) < 4.78 is 0. The third-order valence-corrected chi connectivity index (χ3v) is 2.62. The SMILES string of the molecule is C=CCN1C(=O)C(C)(C)NC(=O)C1CC. The normalized spacial score (nSPS) is 25.0. The fourth-order valence-corrected chi connectivity index (χ4v) is 1.84. The molecule has 0 radical (unpaired) electrons. The van der Waals surface area contributed by atoms with Crippen molar-refractivity contribution in [2.24, 2.45) is 0 Å². The minimum absolute atomic E-state index is 0.0474. The lowest BCUT2D eigenvalue weighted by Crippen LogP contribution is -2.67. The number of amides is 2. The second-order valence-corrected chi connectivity index (χ2v) is 4.28. The van der Waals surface area contributed by atoms with E-state index in [2.05, 4.69) is 11.9 Å². The van der Waals surface area contributed by atoms with Gasteiger partial charge in [-0.25, -0.2) is 0 Å². The molecule has 0 bridgehead atoms. The highest BCUT2D eigenvalue weighted by Crippen LogP contribution is 2.19. The van der Waals surface area contributed by atoms with Crippen LogP contribution in [0, 0.1) is 0 Å². The summed E-state index contributed by atoms with van der Waals surface area (Å²) in [6.07, 6.45) is 2.27. The van der Waals surface area contributed by atoms with E-state index in [1.165, 1.54) is 0 Å². The zero-order valence-corrected chi connectivity index (χ0v) is 9.54. The van der Waals surface area contributed by atoms with Crippen molar-refractivity contribution in [3.8, 4) is 0 Å². The Labute approximate surface area is 90.3 Å². The second-order valence-electron chi connectivity index (χ2n) is 4.28. The predicted molar refractivity (Wildman–Crippen MR) is 58.2 cm³/mol. The van der Waals surface area contributed by atoms with E-state index in [-0.39, 0.29) is 17.9 Å². The molecule has 1 heterocycles. The van der Waals surface area contributed by atoms with Crippen LogP contribution in [0.1, 0.15) is 27.2 Å². The monoisotopic (exact) mass is 210 g/mol. The van der Waals surface area contributed by atoms with Gasteiger partial charge in [0, 0.05) is 6.54 Å². The largest absolute Gasteiger partial charge is 0.340 e. The third-order valence-electron chi connectivity index (χ3n) is 2.62. The first-order chi connectivity index (χ1) is 6.94. The van der Waals surface area contributed by atoms with Crippen molar-refractivity contribution >= 4 is 11.8 Å². The smallest absolute Gasteiger partial charge is 0.248 e. The molecule has 84 valence electrons. The number of carbonyl (C=O) groups excluding carboxylic acids is 2. The molecule has 0 aromatic carbocycles. The Morgan fingerprint density at radius 3 is 2.60 bits per heavy atom. The highest BCUT2D eigenvalue weighted by atomic mass is 16.2. The summed E-state index contributed by atoms with van der Waals surface area (Å²) in [5.41, 5.74) is -0.800. The van der Waals surface area contributed by atoms with Crippen molar-refractivity contribution in [3.63, 3.8) is 0 Å². The predicted octanol–water partition coefficient (Wildman–Crippen LogP) is 0.688. The minimum atomic E-state index is -0.800. The quantitative estimate of drug-likeness (QED) is 0.697. The van der Waals surface area contributed by atoms with Crippen LogP contribution in [0.3, 0.4) is 0 Å². The van der Waals surface area contributed by atoms with Crippen LogP contribution in [0.2, 0.25) is 0 Å². The Bertz CT molecular complexity index is 297. The fraction of sp³-hybridized carbons (Fsp3) is 0.636. The van der Waals surface area contributed by atoms with Crippen molar-refractivity contribution < 1.29 is 9.59 Å². The first kappa shape index (κ1) is 11.8. The molecule has 0 aromatic rings. The molecule has 1 fully saturated rings. The Morgan fingerprint density at radius 1 is 1.53 bits per heavy atom. The van der Waals surface area contributed by atoms with Gasteiger partial charge in [-0.2, -0.15) is 0 Å². The van der Waals surface area contributed by atoms with Gasteiger partial charge < -0.3 is 10.2 Å². The van der Waals surface area contributed by atoms with Crippen molar-refractivity contribution in [2.45, 2.75) is 38.8 Å². The van der Waals surface area contributed by atoms with Crippen LogP contribution >= 0.6 is 0 Å². The van der Waals surface area contributed by atoms with E-state index < -0.39 is 5.54 Å². The van der Waals surface area contributed by atoms with Gasteiger partial charge in [-0.15, -0.1) is 6.58 Å². The first-order valence-electron chi connectivity index (χ1n) is 5.18. The number of hydrogen-bond acceptors (Lipinski definition) is 2. The Morgan fingerprint density at radius 2 is 2.13 bits per heavy atom. The highest BCUT2D eigenvalue weighted by Gasteiger charge is 2.43. The van der Waals surface area contributed by atoms with Crippen LogP contribution in [0.4, 0.5) is 0 Å². The summed E-state index contributed by atoms with van der Waals surface area (Å²) >= 11 is 0. The maximum atomic E-state index is 12.0. The standard InChI is InChI=1S/C11H18N2O2/c1-5-7-13-8(6-2)9(14)12-11(3,4)10(13)15/h5,8H,1,6-7H2,2-4H3,(H,12,14). The lowest BCUT2D eigenvalue weighted by Gasteiger charge is -2.42. The summed E-state index contributed by atoms with van der Waals surface area (Å²) in [7, 11) is 0. The van der Waals surface area contributed by atoms with Crippen molar-refractivity contribution in [2.75, 3.05) is 6.54 Å². The topological polar surface area (TPSA) is 49.4 Å². The summed E-state index contributed by atoms with van der Waals surface area (Å²) in [6.45, 7) is 9.36. The van der Waals surface area contributed by atoms with E-state index in [9.17, 15) is 9.59 Å². The number of nitrogens with one attached hydrogen (secondary N) is 1. The van der Waals surface area contributed by atoms with Crippen LogP contribution in [0.25, 0.3) is 0 Å². The van der Waals surface area contributed by atoms with Gasteiger partial charge in [0.25, 0.3) is 0 Å². The number of carbonyl (C=O) groups is 2. The summed E-state index contributed by atoms with van der Waals surface area (Å²) in [5.74, 6) is -0.127. The molecule has 4 heteroatoms. The second kappa shape index (κ2) is 4.04. The molecule has 1 rings (SSSR count). The number of rotatable bonds is 3. The lowest BCUT2D eigenvalue weighted by molar-refractivity contribution is -0.152. The maximum absolute atomic E-state index is 12.0. The van der Waals surface area contributed by atoms with E-state index in [1.807, 2.05) is 6.92 Å². The molecule has 1 aliphatic heterocycles. The van der Waals surface area contributed by atoms with Gasteiger partial charge in [0.1, 0.15) is 11.6 Å². The van der Waals surface area contributed by atoms with Gasteiger partial charge in [-0.05, 0) is 20.3 Å². The van der Waals surface area contributed by atoms with Crippen LogP contribution < -0.4 is 5.32 Å². The van der Waals surface area contributed by atoms with E-state index in [4.69, 9.17) is 0 Å². The van der Waals surface area contributed by atoms with Gasteiger partial charge >= 0.3 is 0 Å². The molecule has 1 saturated heterocycles. The van der Waals surface area contributed by atoms with Crippen molar-refractivity contribution in [1.82, 2.24) is 10.2 Å². The Balaban J connectivity index is 2.99. The first-order valence-corrected chi connectivity index (χ1v) is 5.18. The van der Waals surface area contributed by atoms with Crippen LogP contribution in [-0.4, -0.2) is 34.8 Å². The molecule has 0 aliphatic carbocycles. The van der Waals surface area contributed by atoms with Gasteiger partial charge in [-0.1, -0.05) is 13.0 Å². The fourth-order valence-electron chi connectivity index (χ4n) is 1.84. The number of hydrogen-bond donors (Lipinski definition) is 1. The van der Waals surface area contributed by atoms with E-state index in [0.29, 0.717) is 13.0 Å². The number of nitrogens with zero attached hydrogens (tertiary/aromatic N) is 1. The van der Waals surface area contributed by atoms with Gasteiger partial charge in [-0.3, -0.25) is 9.59 Å². The van der Waals surface area contributed by atoms with Gasteiger partial charge in [0.05, 0.1) is 0 Å². The molecule has 0 spiro atoms. The van der Waals surface area contributed by atoms with Crippen molar-refractivity contribution in [3.05, 3.63) is 12.7 Å². The van der Waals surface area contributed by atoms with E-state index in [0.717, 1.165) is 0 Å². The molecule has 0 aromatic heterocycles. The van der Waals surface area contributed by atoms with Crippen LogP contribution in [0.15, 0.2) is 12.7 Å². The van der Waals surface area contributed by atoms with Crippen molar-refractivity contribution in [1.29, 1.82) is 0 Å².